The van der Waals surface area contributed by atoms with Gasteiger partial charge >= 0.3 is 0 Å². The van der Waals surface area contributed by atoms with E-state index >= 15 is 0 Å². The van der Waals surface area contributed by atoms with Crippen molar-refractivity contribution in [2.45, 2.75) is 13.3 Å². The maximum atomic E-state index is 12.4. The molecule has 0 radical (unpaired) electrons. The molecule has 0 unspecified atom stereocenters. The Hall–Kier alpha value is -2.95. The second-order valence-electron chi connectivity index (χ2n) is 5.67. The van der Waals surface area contributed by atoms with E-state index in [-0.39, 0.29) is 5.91 Å². The molecular formula is C19H20N2O3. The van der Waals surface area contributed by atoms with Crippen LogP contribution in [0.2, 0.25) is 0 Å². The van der Waals surface area contributed by atoms with Crippen LogP contribution >= 0.6 is 0 Å². The first-order valence-electron chi connectivity index (χ1n) is 7.69. The molecule has 0 saturated carbocycles. The number of ether oxygens (including phenoxy) is 2. The van der Waals surface area contributed by atoms with Gasteiger partial charge in [-0.1, -0.05) is 6.07 Å². The number of amides is 1. The number of aryl methyl sites for hydroxylation is 1. The lowest BCUT2D eigenvalue weighted by atomic mass is 10.1. The van der Waals surface area contributed by atoms with Gasteiger partial charge in [0.1, 0.15) is 11.5 Å². The van der Waals surface area contributed by atoms with E-state index in [1.165, 1.54) is 0 Å². The van der Waals surface area contributed by atoms with Gasteiger partial charge in [0.25, 0.3) is 0 Å². The molecule has 0 fully saturated rings. The molecule has 0 aliphatic rings. The SMILES string of the molecule is COc1ccc(OC)c(NC(=O)Cc2ccc3[nH]c(C)cc3c2)c1. The van der Waals surface area contributed by atoms with E-state index in [2.05, 4.69) is 16.4 Å². The van der Waals surface area contributed by atoms with Crippen molar-refractivity contribution in [3.63, 3.8) is 0 Å². The van der Waals surface area contributed by atoms with Gasteiger partial charge in [0, 0.05) is 17.3 Å². The molecule has 0 aliphatic heterocycles. The normalized spacial score (nSPS) is 10.6. The zero-order valence-corrected chi connectivity index (χ0v) is 14.0. The molecule has 0 saturated heterocycles. The van der Waals surface area contributed by atoms with E-state index in [1.807, 2.05) is 25.1 Å². The lowest BCUT2D eigenvalue weighted by Crippen LogP contribution is -2.15. The average molecular weight is 324 g/mol. The van der Waals surface area contributed by atoms with Crippen LogP contribution in [0.25, 0.3) is 10.9 Å². The van der Waals surface area contributed by atoms with Gasteiger partial charge in [-0.25, -0.2) is 0 Å². The summed E-state index contributed by atoms with van der Waals surface area (Å²) in [6, 6.07) is 13.4. The standard InChI is InChI=1S/C19H20N2O3/c1-12-8-14-9-13(4-6-16(14)20-12)10-19(22)21-17-11-15(23-2)5-7-18(17)24-3/h4-9,11,20H,10H2,1-3H3,(H,21,22). The minimum absolute atomic E-state index is 0.104. The molecule has 5 nitrogen and oxygen atoms in total. The van der Waals surface area contributed by atoms with Gasteiger partial charge in [-0.3, -0.25) is 4.79 Å². The number of carbonyl (C=O) groups excluding carboxylic acids is 1. The maximum absolute atomic E-state index is 12.4. The van der Waals surface area contributed by atoms with Crippen LogP contribution in [0.5, 0.6) is 11.5 Å². The Labute approximate surface area is 140 Å². The highest BCUT2D eigenvalue weighted by molar-refractivity contribution is 5.94. The smallest absolute Gasteiger partial charge is 0.228 e. The van der Waals surface area contributed by atoms with Gasteiger partial charge < -0.3 is 19.8 Å². The maximum Gasteiger partial charge on any atom is 0.228 e. The van der Waals surface area contributed by atoms with Crippen LogP contribution in [0, 0.1) is 6.92 Å². The third-order valence-corrected chi connectivity index (χ3v) is 3.87. The fourth-order valence-electron chi connectivity index (χ4n) is 2.73. The number of carbonyl (C=O) groups is 1. The summed E-state index contributed by atoms with van der Waals surface area (Å²) in [5, 5.41) is 3.99. The number of hydrogen-bond donors (Lipinski definition) is 2. The van der Waals surface area contributed by atoms with Gasteiger partial charge in [-0.15, -0.1) is 0 Å². The zero-order valence-electron chi connectivity index (χ0n) is 14.0. The summed E-state index contributed by atoms with van der Waals surface area (Å²) in [5.41, 5.74) is 3.74. The highest BCUT2D eigenvalue weighted by Gasteiger charge is 2.10. The summed E-state index contributed by atoms with van der Waals surface area (Å²) >= 11 is 0. The van der Waals surface area contributed by atoms with Crippen molar-refractivity contribution in [1.29, 1.82) is 0 Å². The Kier molecular flexibility index (Phi) is 4.42. The first-order valence-corrected chi connectivity index (χ1v) is 7.69. The van der Waals surface area contributed by atoms with Crippen LogP contribution in [-0.2, 0) is 11.2 Å². The molecular weight excluding hydrogens is 304 g/mol. The highest BCUT2D eigenvalue weighted by Crippen LogP contribution is 2.29. The fraction of sp³-hybridized carbons (Fsp3) is 0.211. The Morgan fingerprint density at radius 2 is 1.92 bits per heavy atom. The van der Waals surface area contributed by atoms with E-state index in [4.69, 9.17) is 9.47 Å². The van der Waals surface area contributed by atoms with Crippen LogP contribution in [-0.4, -0.2) is 25.1 Å². The minimum atomic E-state index is -0.104. The number of fused-ring (bicyclic) bond motifs is 1. The van der Waals surface area contributed by atoms with E-state index in [1.54, 1.807) is 32.4 Å². The molecule has 5 heteroatoms. The predicted molar refractivity (Wildman–Crippen MR) is 94.9 cm³/mol. The number of anilines is 1. The largest absolute Gasteiger partial charge is 0.497 e. The molecule has 0 atom stereocenters. The molecule has 24 heavy (non-hydrogen) atoms. The molecule has 1 amide bonds. The van der Waals surface area contributed by atoms with Crippen molar-refractivity contribution >= 4 is 22.5 Å². The van der Waals surface area contributed by atoms with Crippen LogP contribution in [0.4, 0.5) is 5.69 Å². The van der Waals surface area contributed by atoms with E-state index < -0.39 is 0 Å². The quantitative estimate of drug-likeness (QED) is 0.752. The molecule has 2 aromatic carbocycles. The number of aromatic amines is 1. The first kappa shape index (κ1) is 15.9. The second-order valence-corrected chi connectivity index (χ2v) is 5.67. The van der Waals surface area contributed by atoms with E-state index in [0.717, 1.165) is 22.2 Å². The topological polar surface area (TPSA) is 63.4 Å². The lowest BCUT2D eigenvalue weighted by molar-refractivity contribution is -0.115. The van der Waals surface area contributed by atoms with Crippen molar-refractivity contribution in [2.24, 2.45) is 0 Å². The molecule has 1 aromatic heterocycles. The van der Waals surface area contributed by atoms with Crippen LogP contribution < -0.4 is 14.8 Å². The van der Waals surface area contributed by atoms with Crippen molar-refractivity contribution in [3.05, 3.63) is 53.7 Å². The number of benzene rings is 2. The zero-order chi connectivity index (χ0) is 17.1. The van der Waals surface area contributed by atoms with Crippen molar-refractivity contribution in [1.82, 2.24) is 4.98 Å². The van der Waals surface area contributed by atoms with Gasteiger partial charge in [-0.2, -0.15) is 0 Å². The first-order chi connectivity index (χ1) is 11.6. The number of H-pyrrole nitrogens is 1. The molecule has 2 N–H and O–H groups in total. The monoisotopic (exact) mass is 324 g/mol. The predicted octanol–water partition coefficient (Wildman–Crippen LogP) is 3.67. The van der Waals surface area contributed by atoms with Gasteiger partial charge in [-0.05, 0) is 48.2 Å². The van der Waals surface area contributed by atoms with Crippen molar-refractivity contribution in [2.75, 3.05) is 19.5 Å². The molecule has 0 aliphatic carbocycles. The number of aromatic nitrogens is 1. The summed E-state index contributed by atoms with van der Waals surface area (Å²) in [5.74, 6) is 1.16. The summed E-state index contributed by atoms with van der Waals surface area (Å²) in [6.07, 6.45) is 0.292. The molecule has 3 rings (SSSR count). The van der Waals surface area contributed by atoms with Gasteiger partial charge in [0.05, 0.1) is 26.3 Å². The van der Waals surface area contributed by atoms with Crippen LogP contribution in [0.1, 0.15) is 11.3 Å². The Balaban J connectivity index is 1.77. The van der Waals surface area contributed by atoms with Gasteiger partial charge in [0.15, 0.2) is 0 Å². The molecule has 3 aromatic rings. The van der Waals surface area contributed by atoms with Crippen LogP contribution in [0.3, 0.4) is 0 Å². The van der Waals surface area contributed by atoms with Crippen molar-refractivity contribution in [3.8, 4) is 11.5 Å². The summed E-state index contributed by atoms with van der Waals surface area (Å²) in [6.45, 7) is 2.02. The molecule has 0 spiro atoms. The lowest BCUT2D eigenvalue weighted by Gasteiger charge is -2.12. The number of methoxy groups -OCH3 is 2. The Morgan fingerprint density at radius 1 is 1.08 bits per heavy atom. The van der Waals surface area contributed by atoms with E-state index in [9.17, 15) is 4.79 Å². The Morgan fingerprint density at radius 3 is 2.67 bits per heavy atom. The van der Waals surface area contributed by atoms with Crippen molar-refractivity contribution < 1.29 is 14.3 Å². The second kappa shape index (κ2) is 6.66. The summed E-state index contributed by atoms with van der Waals surface area (Å²) in [7, 11) is 3.15. The molecule has 0 bridgehead atoms. The van der Waals surface area contributed by atoms with Gasteiger partial charge in [0.2, 0.25) is 5.91 Å². The van der Waals surface area contributed by atoms with Crippen LogP contribution in [0.15, 0.2) is 42.5 Å². The summed E-state index contributed by atoms with van der Waals surface area (Å²) in [4.78, 5) is 15.7. The fourth-order valence-corrected chi connectivity index (χ4v) is 2.73. The Bertz CT molecular complexity index is 883. The number of hydrogen-bond acceptors (Lipinski definition) is 3. The van der Waals surface area contributed by atoms with E-state index in [0.29, 0.717) is 23.6 Å². The number of nitrogens with one attached hydrogen (secondary N) is 2. The molecule has 124 valence electrons. The minimum Gasteiger partial charge on any atom is -0.497 e. The number of rotatable bonds is 5. The average Bonchev–Trinajstić information content (AvgIpc) is 2.94. The third kappa shape index (κ3) is 3.35. The summed E-state index contributed by atoms with van der Waals surface area (Å²) < 4.78 is 10.5. The third-order valence-electron chi connectivity index (χ3n) is 3.87. The highest BCUT2D eigenvalue weighted by atomic mass is 16.5. The molecule has 1 heterocycles.